The molecule has 37 heavy (non-hydrogen) atoms. The van der Waals surface area contributed by atoms with Crippen molar-refractivity contribution in [3.63, 3.8) is 0 Å². The van der Waals surface area contributed by atoms with E-state index in [0.29, 0.717) is 23.0 Å². The lowest BCUT2D eigenvalue weighted by Crippen LogP contribution is -2.61. The summed E-state index contributed by atoms with van der Waals surface area (Å²) in [7, 11) is 2.09. The maximum Gasteiger partial charge on any atom is 0.276 e. The molecule has 0 atom stereocenters. The molecule has 9 nitrogen and oxygen atoms in total. The number of anilines is 1. The molecule has 9 heteroatoms. The van der Waals surface area contributed by atoms with E-state index in [4.69, 9.17) is 0 Å². The first-order valence-corrected chi connectivity index (χ1v) is 13.8. The number of fused-ring (bicyclic) bond motifs is 1. The Bertz CT molecular complexity index is 1280. The molecule has 2 aromatic heterocycles. The number of guanidine groups is 1. The SMILES string of the molecule is CN1CCC(C(=O)Nc2cnc3[nH]cc(C=C4N=C(NC56CC7CC(CC(C7)C5)C6)NC4=O)c3c2)CC1. The molecule has 2 amide bonds. The largest absolute Gasteiger partial charge is 0.350 e. The second-order valence-electron chi connectivity index (χ2n) is 12.2. The van der Waals surface area contributed by atoms with Gasteiger partial charge >= 0.3 is 0 Å². The fourth-order valence-electron chi connectivity index (χ4n) is 7.92. The van der Waals surface area contributed by atoms with Crippen molar-refractivity contribution in [1.82, 2.24) is 25.5 Å². The second kappa shape index (κ2) is 8.68. The number of nitrogens with zero attached hydrogens (tertiary/aromatic N) is 3. The van der Waals surface area contributed by atoms with Gasteiger partial charge in [0.1, 0.15) is 11.3 Å². The summed E-state index contributed by atoms with van der Waals surface area (Å²) in [6.07, 6.45) is 14.7. The average molecular weight is 502 g/mol. The zero-order valence-electron chi connectivity index (χ0n) is 21.3. The van der Waals surface area contributed by atoms with E-state index in [1.807, 2.05) is 12.3 Å². The Morgan fingerprint density at radius 1 is 1.14 bits per heavy atom. The number of aromatic nitrogens is 2. The zero-order valence-corrected chi connectivity index (χ0v) is 21.3. The number of aromatic amines is 1. The summed E-state index contributed by atoms with van der Waals surface area (Å²) in [6, 6.07) is 1.92. The summed E-state index contributed by atoms with van der Waals surface area (Å²) in [4.78, 5) is 40.2. The van der Waals surface area contributed by atoms with E-state index in [2.05, 4.69) is 42.9 Å². The molecule has 6 aliphatic rings. The minimum absolute atomic E-state index is 0.0242. The van der Waals surface area contributed by atoms with Gasteiger partial charge in [0.15, 0.2) is 0 Å². The van der Waals surface area contributed by atoms with Crippen LogP contribution in [-0.2, 0) is 9.59 Å². The summed E-state index contributed by atoms with van der Waals surface area (Å²) < 4.78 is 0. The fraction of sp³-hybridized carbons (Fsp3) is 0.571. The molecule has 8 rings (SSSR count). The number of nitrogens with one attached hydrogen (secondary N) is 4. The molecule has 0 unspecified atom stereocenters. The zero-order chi connectivity index (χ0) is 25.1. The average Bonchev–Trinajstić information content (AvgIpc) is 3.40. The first-order valence-electron chi connectivity index (χ1n) is 13.8. The van der Waals surface area contributed by atoms with Crippen molar-refractivity contribution in [2.45, 2.75) is 56.9 Å². The van der Waals surface area contributed by atoms with Crippen LogP contribution in [0.3, 0.4) is 0 Å². The lowest BCUT2D eigenvalue weighted by atomic mass is 9.53. The van der Waals surface area contributed by atoms with Gasteiger partial charge in [-0.15, -0.1) is 0 Å². The van der Waals surface area contributed by atoms with E-state index < -0.39 is 0 Å². The van der Waals surface area contributed by atoms with Crippen molar-refractivity contribution in [3.05, 3.63) is 29.7 Å². The molecular weight excluding hydrogens is 466 g/mol. The number of rotatable bonds is 4. The van der Waals surface area contributed by atoms with Crippen LogP contribution in [0.1, 0.15) is 56.9 Å². The molecule has 2 aliphatic heterocycles. The van der Waals surface area contributed by atoms with Crippen LogP contribution in [-0.4, -0.2) is 58.3 Å². The number of amides is 2. The Balaban J connectivity index is 1.09. The first kappa shape index (κ1) is 23.0. The van der Waals surface area contributed by atoms with E-state index in [9.17, 15) is 9.59 Å². The summed E-state index contributed by atoms with van der Waals surface area (Å²) in [6.45, 7) is 1.88. The monoisotopic (exact) mass is 501 g/mol. The summed E-state index contributed by atoms with van der Waals surface area (Å²) in [5, 5.41) is 10.5. The number of carbonyl (C=O) groups excluding carboxylic acids is 2. The number of carbonyl (C=O) groups is 2. The Morgan fingerprint density at radius 3 is 2.54 bits per heavy atom. The van der Waals surface area contributed by atoms with Gasteiger partial charge in [-0.2, -0.15) is 0 Å². The highest BCUT2D eigenvalue weighted by molar-refractivity contribution is 6.14. The van der Waals surface area contributed by atoms with Gasteiger partial charge in [0.25, 0.3) is 5.91 Å². The maximum atomic E-state index is 12.8. The molecule has 2 aromatic rings. The predicted molar refractivity (Wildman–Crippen MR) is 143 cm³/mol. The number of piperidine rings is 1. The Labute approximate surface area is 216 Å². The van der Waals surface area contributed by atoms with Crippen molar-refractivity contribution in [1.29, 1.82) is 0 Å². The Hall–Kier alpha value is -3.20. The smallest absolute Gasteiger partial charge is 0.276 e. The number of pyridine rings is 1. The number of hydrogen-bond acceptors (Lipinski definition) is 6. The summed E-state index contributed by atoms with van der Waals surface area (Å²) in [5.74, 6) is 2.92. The topological polar surface area (TPSA) is 115 Å². The van der Waals surface area contributed by atoms with Crippen molar-refractivity contribution in [2.75, 3.05) is 25.5 Å². The molecule has 4 N–H and O–H groups in total. The van der Waals surface area contributed by atoms with E-state index in [-0.39, 0.29) is 23.3 Å². The molecule has 0 aromatic carbocycles. The quantitative estimate of drug-likeness (QED) is 0.481. The molecule has 0 spiro atoms. The van der Waals surface area contributed by atoms with Gasteiger partial charge in [0, 0.05) is 28.6 Å². The summed E-state index contributed by atoms with van der Waals surface area (Å²) in [5.41, 5.74) is 2.66. The van der Waals surface area contributed by atoms with Gasteiger partial charge < -0.3 is 20.5 Å². The van der Waals surface area contributed by atoms with Crippen molar-refractivity contribution in [2.24, 2.45) is 28.7 Å². The third-order valence-corrected chi connectivity index (χ3v) is 9.33. The molecule has 5 fully saturated rings. The minimum Gasteiger partial charge on any atom is -0.350 e. The summed E-state index contributed by atoms with van der Waals surface area (Å²) >= 11 is 0. The van der Waals surface area contributed by atoms with Crippen LogP contribution in [0.15, 0.2) is 29.1 Å². The second-order valence-corrected chi connectivity index (χ2v) is 12.2. The molecule has 4 aliphatic carbocycles. The van der Waals surface area contributed by atoms with Crippen LogP contribution in [0.4, 0.5) is 5.69 Å². The van der Waals surface area contributed by atoms with Crippen LogP contribution < -0.4 is 16.0 Å². The lowest BCUT2D eigenvalue weighted by Gasteiger charge is -2.57. The van der Waals surface area contributed by atoms with Crippen LogP contribution >= 0.6 is 0 Å². The Kier molecular flexibility index (Phi) is 5.39. The highest BCUT2D eigenvalue weighted by Crippen LogP contribution is 2.55. The van der Waals surface area contributed by atoms with Crippen LogP contribution in [0, 0.1) is 23.7 Å². The fourth-order valence-corrected chi connectivity index (χ4v) is 7.92. The van der Waals surface area contributed by atoms with Crippen LogP contribution in [0.5, 0.6) is 0 Å². The van der Waals surface area contributed by atoms with Crippen molar-refractivity contribution < 1.29 is 9.59 Å². The van der Waals surface area contributed by atoms with Gasteiger partial charge in [-0.05, 0) is 101 Å². The number of aliphatic imine (C=N–C) groups is 1. The minimum atomic E-state index is -0.193. The van der Waals surface area contributed by atoms with Gasteiger partial charge in [0.2, 0.25) is 11.9 Å². The van der Waals surface area contributed by atoms with Gasteiger partial charge in [-0.3, -0.25) is 14.9 Å². The van der Waals surface area contributed by atoms with Crippen molar-refractivity contribution >= 4 is 40.6 Å². The molecule has 194 valence electrons. The highest BCUT2D eigenvalue weighted by atomic mass is 16.2. The van der Waals surface area contributed by atoms with Crippen molar-refractivity contribution in [3.8, 4) is 0 Å². The van der Waals surface area contributed by atoms with Gasteiger partial charge in [-0.25, -0.2) is 9.98 Å². The van der Waals surface area contributed by atoms with Crippen LogP contribution in [0.2, 0.25) is 0 Å². The molecule has 4 saturated carbocycles. The third-order valence-electron chi connectivity index (χ3n) is 9.33. The standard InChI is InChI=1S/C28H35N7O2/c1-35-4-2-19(3-5-35)25(36)31-21-10-22-20(14-29-24(22)30-15-21)9-23-26(37)33-27(32-23)34-28-11-16-6-17(12-28)8-18(7-16)13-28/h9-10,14-19H,2-8,11-13H2,1H3,(H,29,30)(H,31,36)(H2,32,33,34,37). The predicted octanol–water partition coefficient (Wildman–Crippen LogP) is 3.23. The Morgan fingerprint density at radius 2 is 1.84 bits per heavy atom. The lowest BCUT2D eigenvalue weighted by molar-refractivity contribution is -0.121. The number of likely N-dealkylation sites (tertiary alicyclic amines) is 1. The number of hydrogen-bond donors (Lipinski definition) is 4. The van der Waals surface area contributed by atoms with Gasteiger partial charge in [-0.1, -0.05) is 0 Å². The first-order chi connectivity index (χ1) is 17.9. The number of H-pyrrole nitrogens is 1. The van der Waals surface area contributed by atoms with Gasteiger partial charge in [0.05, 0.1) is 11.9 Å². The highest BCUT2D eigenvalue weighted by Gasteiger charge is 2.51. The molecule has 0 radical (unpaired) electrons. The van der Waals surface area contributed by atoms with E-state index >= 15 is 0 Å². The molecule has 4 bridgehead atoms. The van der Waals surface area contributed by atoms with Crippen LogP contribution in [0.25, 0.3) is 17.1 Å². The molecular formula is C28H35N7O2. The van der Waals surface area contributed by atoms with E-state index in [0.717, 1.165) is 54.6 Å². The van der Waals surface area contributed by atoms with E-state index in [1.54, 1.807) is 12.3 Å². The molecule has 4 heterocycles. The normalized spacial score (nSPS) is 32.7. The molecule has 1 saturated heterocycles. The maximum absolute atomic E-state index is 12.8. The third kappa shape index (κ3) is 4.33. The van der Waals surface area contributed by atoms with E-state index in [1.165, 1.54) is 38.5 Å².